The van der Waals surface area contributed by atoms with Crippen molar-refractivity contribution in [2.45, 2.75) is 57.5 Å². The first-order valence-corrected chi connectivity index (χ1v) is 12.9. The van der Waals surface area contributed by atoms with Crippen molar-refractivity contribution in [3.63, 3.8) is 0 Å². The van der Waals surface area contributed by atoms with Crippen LogP contribution in [0.25, 0.3) is 0 Å². The Hall–Kier alpha value is -3.60. The predicted octanol–water partition coefficient (Wildman–Crippen LogP) is 5.43. The molecule has 2 atom stereocenters. The van der Waals surface area contributed by atoms with Crippen LogP contribution in [0.5, 0.6) is 5.75 Å². The zero-order valence-electron chi connectivity index (χ0n) is 21.1. The molecule has 0 saturated carbocycles. The minimum absolute atomic E-state index is 0.0491. The average Bonchev–Trinajstić information content (AvgIpc) is 3.44. The number of nitrogens with zero attached hydrogens (tertiary/aromatic N) is 2. The van der Waals surface area contributed by atoms with Crippen molar-refractivity contribution in [1.29, 1.82) is 0 Å². The average molecular weight is 483 g/mol. The van der Waals surface area contributed by atoms with Gasteiger partial charge in [-0.3, -0.25) is 9.59 Å². The van der Waals surface area contributed by atoms with E-state index in [-0.39, 0.29) is 17.6 Å². The number of hydrogen-bond donors (Lipinski definition) is 1. The fourth-order valence-corrected chi connectivity index (χ4v) is 6.15. The van der Waals surface area contributed by atoms with Crippen LogP contribution in [0, 0.1) is 13.8 Å². The molecule has 5 heteroatoms. The molecule has 186 valence electrons. The lowest BCUT2D eigenvalue weighted by molar-refractivity contribution is -0.151. The van der Waals surface area contributed by atoms with E-state index in [2.05, 4.69) is 0 Å². The van der Waals surface area contributed by atoms with Gasteiger partial charge in [0.2, 0.25) is 11.8 Å². The number of piperidine rings is 1. The molecule has 2 unspecified atom stereocenters. The molecule has 2 heterocycles. The number of amides is 2. The fraction of sp³-hybridized carbons (Fsp3) is 0.355. The van der Waals surface area contributed by atoms with E-state index in [1.54, 1.807) is 0 Å². The second kappa shape index (κ2) is 9.81. The third-order valence-electron chi connectivity index (χ3n) is 7.92. The SMILES string of the molecule is Cc1cc(C2N(Cc3ccccc3)C(=O)CCC2(C(=O)N2CCCC2)c2ccccc2)cc(C)c1O. The Kier molecular flexibility index (Phi) is 6.57. The predicted molar refractivity (Wildman–Crippen MR) is 140 cm³/mol. The van der Waals surface area contributed by atoms with Crippen molar-refractivity contribution >= 4 is 11.8 Å². The number of carbonyl (C=O) groups is 2. The summed E-state index contributed by atoms with van der Waals surface area (Å²) in [5, 5.41) is 10.6. The second-order valence-electron chi connectivity index (χ2n) is 10.2. The maximum absolute atomic E-state index is 14.6. The monoisotopic (exact) mass is 482 g/mol. The molecule has 0 bridgehead atoms. The summed E-state index contributed by atoms with van der Waals surface area (Å²) >= 11 is 0. The number of rotatable bonds is 5. The highest BCUT2D eigenvalue weighted by atomic mass is 16.3. The van der Waals surface area contributed by atoms with Gasteiger partial charge in [0.05, 0.1) is 11.5 Å². The number of phenols is 1. The Morgan fingerprint density at radius 1 is 0.944 bits per heavy atom. The van der Waals surface area contributed by atoms with Crippen LogP contribution in [0.2, 0.25) is 0 Å². The van der Waals surface area contributed by atoms with E-state index in [0.29, 0.717) is 19.4 Å². The number of hydrogen-bond acceptors (Lipinski definition) is 3. The van der Waals surface area contributed by atoms with Crippen LogP contribution in [-0.4, -0.2) is 39.8 Å². The third kappa shape index (κ3) is 4.17. The van der Waals surface area contributed by atoms with Crippen molar-refractivity contribution in [3.8, 4) is 5.75 Å². The van der Waals surface area contributed by atoms with Gasteiger partial charge in [0, 0.05) is 26.1 Å². The molecule has 0 aliphatic carbocycles. The van der Waals surface area contributed by atoms with Crippen LogP contribution >= 0.6 is 0 Å². The van der Waals surface area contributed by atoms with Crippen molar-refractivity contribution in [2.75, 3.05) is 13.1 Å². The summed E-state index contributed by atoms with van der Waals surface area (Å²) in [7, 11) is 0. The smallest absolute Gasteiger partial charge is 0.235 e. The van der Waals surface area contributed by atoms with Gasteiger partial charge >= 0.3 is 0 Å². The van der Waals surface area contributed by atoms with E-state index in [0.717, 1.165) is 53.7 Å². The number of benzene rings is 3. The second-order valence-corrected chi connectivity index (χ2v) is 10.2. The van der Waals surface area contributed by atoms with E-state index < -0.39 is 11.5 Å². The van der Waals surface area contributed by atoms with Crippen LogP contribution in [0.4, 0.5) is 0 Å². The molecule has 2 saturated heterocycles. The third-order valence-corrected chi connectivity index (χ3v) is 7.92. The molecule has 2 fully saturated rings. The number of phenolic OH excluding ortho intramolecular Hbond substituents is 1. The summed E-state index contributed by atoms with van der Waals surface area (Å²) in [6.07, 6.45) is 2.78. The minimum atomic E-state index is -0.913. The highest BCUT2D eigenvalue weighted by Gasteiger charge is 2.55. The molecule has 0 aromatic heterocycles. The molecule has 2 aliphatic rings. The Morgan fingerprint density at radius 2 is 1.53 bits per heavy atom. The van der Waals surface area contributed by atoms with Gasteiger partial charge in [-0.1, -0.05) is 72.8 Å². The molecule has 2 aliphatic heterocycles. The first-order chi connectivity index (χ1) is 17.4. The van der Waals surface area contributed by atoms with Crippen molar-refractivity contribution < 1.29 is 14.7 Å². The van der Waals surface area contributed by atoms with Gasteiger partial charge in [0.15, 0.2) is 0 Å². The lowest BCUT2D eigenvalue weighted by atomic mass is 9.64. The van der Waals surface area contributed by atoms with E-state index >= 15 is 0 Å². The quantitative estimate of drug-likeness (QED) is 0.527. The molecule has 2 amide bonds. The summed E-state index contributed by atoms with van der Waals surface area (Å²) in [6.45, 7) is 5.68. The van der Waals surface area contributed by atoms with Crippen molar-refractivity contribution in [1.82, 2.24) is 9.80 Å². The lowest BCUT2D eigenvalue weighted by Gasteiger charge is -2.50. The summed E-state index contributed by atoms with van der Waals surface area (Å²) in [5.74, 6) is 0.407. The standard InChI is InChI=1S/C31H34N2O3/c1-22-19-25(20-23(2)28(22)35)29-31(26-13-7-4-8-14-26,30(36)32-17-9-10-18-32)16-15-27(34)33(29)21-24-11-5-3-6-12-24/h3-8,11-14,19-20,29,35H,9-10,15-18,21H2,1-2H3. The molecular weight excluding hydrogens is 448 g/mol. The zero-order valence-corrected chi connectivity index (χ0v) is 21.1. The lowest BCUT2D eigenvalue weighted by Crippen LogP contribution is -2.58. The normalized spacial score (nSPS) is 22.2. The van der Waals surface area contributed by atoms with E-state index in [4.69, 9.17) is 0 Å². The molecular formula is C31H34N2O3. The summed E-state index contributed by atoms with van der Waals surface area (Å²) in [6, 6.07) is 23.4. The van der Waals surface area contributed by atoms with Gasteiger partial charge in [0.25, 0.3) is 0 Å². The molecule has 0 radical (unpaired) electrons. The molecule has 5 rings (SSSR count). The van der Waals surface area contributed by atoms with Crippen molar-refractivity contribution in [2.24, 2.45) is 0 Å². The number of carbonyl (C=O) groups excluding carboxylic acids is 2. The van der Waals surface area contributed by atoms with Gasteiger partial charge in [0.1, 0.15) is 5.75 Å². The fourth-order valence-electron chi connectivity index (χ4n) is 6.15. The molecule has 0 spiro atoms. The van der Waals surface area contributed by atoms with E-state index in [1.807, 2.05) is 96.4 Å². The van der Waals surface area contributed by atoms with E-state index in [9.17, 15) is 14.7 Å². The van der Waals surface area contributed by atoms with Crippen LogP contribution in [0.15, 0.2) is 72.8 Å². The molecule has 1 N–H and O–H groups in total. The van der Waals surface area contributed by atoms with Gasteiger partial charge in [-0.05, 0) is 60.9 Å². The summed E-state index contributed by atoms with van der Waals surface area (Å²) in [5.41, 5.74) is 3.45. The van der Waals surface area contributed by atoms with Crippen molar-refractivity contribution in [3.05, 3.63) is 101 Å². The first kappa shape index (κ1) is 24.1. The summed E-state index contributed by atoms with van der Waals surface area (Å²) in [4.78, 5) is 32.1. The minimum Gasteiger partial charge on any atom is -0.507 e. The Balaban J connectivity index is 1.75. The molecule has 3 aromatic carbocycles. The van der Waals surface area contributed by atoms with E-state index in [1.165, 1.54) is 0 Å². The maximum atomic E-state index is 14.6. The van der Waals surface area contributed by atoms with Gasteiger partial charge in [-0.25, -0.2) is 0 Å². The zero-order chi connectivity index (χ0) is 25.3. The van der Waals surface area contributed by atoms with Crippen LogP contribution in [0.3, 0.4) is 0 Å². The molecule has 3 aromatic rings. The van der Waals surface area contributed by atoms with Gasteiger partial charge in [-0.15, -0.1) is 0 Å². The highest BCUT2D eigenvalue weighted by Crippen LogP contribution is 2.51. The Labute approximate surface area is 213 Å². The largest absolute Gasteiger partial charge is 0.507 e. The first-order valence-electron chi connectivity index (χ1n) is 12.9. The van der Waals surface area contributed by atoms with Crippen LogP contribution < -0.4 is 0 Å². The number of aromatic hydroxyl groups is 1. The molecule has 5 nitrogen and oxygen atoms in total. The van der Waals surface area contributed by atoms with Gasteiger partial charge < -0.3 is 14.9 Å². The van der Waals surface area contributed by atoms with Gasteiger partial charge in [-0.2, -0.15) is 0 Å². The van der Waals surface area contributed by atoms with Crippen LogP contribution in [0.1, 0.15) is 59.5 Å². The summed E-state index contributed by atoms with van der Waals surface area (Å²) < 4.78 is 0. The molecule has 36 heavy (non-hydrogen) atoms. The Morgan fingerprint density at radius 3 is 2.14 bits per heavy atom. The number of likely N-dealkylation sites (tertiary alicyclic amines) is 2. The number of aryl methyl sites for hydroxylation is 2. The maximum Gasteiger partial charge on any atom is 0.235 e. The highest BCUT2D eigenvalue weighted by molar-refractivity contribution is 5.93. The Bertz CT molecular complexity index is 1230. The van der Waals surface area contributed by atoms with Crippen LogP contribution in [-0.2, 0) is 21.5 Å². The topological polar surface area (TPSA) is 60.9 Å².